The van der Waals surface area contributed by atoms with Gasteiger partial charge in [0.25, 0.3) is 0 Å². The molecule has 19 heteroatoms. The number of aliphatic hydroxyl groups is 1. The molecule has 0 aliphatic carbocycles. The molecule has 84 heavy (non-hydrogen) atoms. The number of azide groups is 1. The first-order valence-corrected chi connectivity index (χ1v) is 30.0. The van der Waals surface area contributed by atoms with Crippen LogP contribution in [-0.2, 0) is 63.4 Å². The molecule has 4 aromatic rings. The number of ether oxygens (including phenoxy) is 12. The van der Waals surface area contributed by atoms with Gasteiger partial charge in [-0.1, -0.05) is 152 Å². The fourth-order valence-corrected chi connectivity index (χ4v) is 11.6. The number of benzene rings is 4. The number of hydrogen-bond donors (Lipinski definition) is 1. The van der Waals surface area contributed by atoms with E-state index in [0.717, 1.165) is 12.0 Å². The van der Waals surface area contributed by atoms with E-state index in [-0.39, 0.29) is 73.4 Å². The van der Waals surface area contributed by atoms with Crippen LogP contribution < -0.4 is 0 Å². The lowest BCUT2D eigenvalue weighted by molar-refractivity contribution is -0.380. The quantitative estimate of drug-likeness (QED) is 0.0154. The molecule has 4 aliphatic rings. The Morgan fingerprint density at radius 3 is 1.50 bits per heavy atom. The molecule has 0 radical (unpaired) electrons. The summed E-state index contributed by atoms with van der Waals surface area (Å²) >= 11 is 0. The molecule has 456 valence electrons. The monoisotopic (exact) mass is 1160 g/mol. The molecule has 8 rings (SSSR count). The molecule has 0 aromatic heterocycles. The fraction of sp³-hybridized carbons (Fsp3) is 0.585. The minimum atomic E-state index is -1.49. The summed E-state index contributed by atoms with van der Waals surface area (Å²) in [7, 11) is 0. The van der Waals surface area contributed by atoms with Gasteiger partial charge in [-0.25, -0.2) is 14.4 Å². The molecule has 0 amide bonds. The minimum Gasteiger partial charge on any atom is -0.459 e. The van der Waals surface area contributed by atoms with E-state index in [9.17, 15) is 19.5 Å². The third-order valence-corrected chi connectivity index (χ3v) is 17.3. The Kier molecular flexibility index (Phi) is 24.1. The van der Waals surface area contributed by atoms with Crippen molar-refractivity contribution in [2.45, 2.75) is 180 Å². The molecule has 0 saturated carbocycles. The number of unbranched alkanes of at least 4 members (excludes halogenated alkanes) is 2. The van der Waals surface area contributed by atoms with Crippen LogP contribution in [-0.4, -0.2) is 136 Å². The number of carbonyl (C=O) groups excluding carboxylic acids is 3. The van der Waals surface area contributed by atoms with Gasteiger partial charge in [-0.2, -0.15) is 0 Å². The van der Waals surface area contributed by atoms with Gasteiger partial charge < -0.3 is 61.9 Å². The summed E-state index contributed by atoms with van der Waals surface area (Å²) in [5.41, 5.74) is 10.6. The van der Waals surface area contributed by atoms with Crippen molar-refractivity contribution in [3.05, 3.63) is 154 Å². The molecule has 20 atom stereocenters. The van der Waals surface area contributed by atoms with Crippen molar-refractivity contribution in [3.63, 3.8) is 0 Å². The zero-order chi connectivity index (χ0) is 59.7. The van der Waals surface area contributed by atoms with Crippen LogP contribution in [0.1, 0.15) is 124 Å². The van der Waals surface area contributed by atoms with Gasteiger partial charge in [-0.05, 0) is 96.8 Å². The number of aliphatic hydroxyl groups excluding tert-OH is 1. The highest BCUT2D eigenvalue weighted by atomic mass is 16.8. The molecule has 0 bridgehead atoms. The molecule has 8 unspecified atom stereocenters. The molecular formula is C65H85N3O16. The second kappa shape index (κ2) is 31.5. The second-order valence-corrected chi connectivity index (χ2v) is 22.8. The maximum absolute atomic E-state index is 14.7. The van der Waals surface area contributed by atoms with Crippen LogP contribution >= 0.6 is 0 Å². The number of esters is 3. The van der Waals surface area contributed by atoms with Crippen LogP contribution in [0.25, 0.3) is 10.4 Å². The minimum absolute atomic E-state index is 0.00808. The van der Waals surface area contributed by atoms with Gasteiger partial charge in [0.15, 0.2) is 37.4 Å². The Morgan fingerprint density at radius 2 is 0.952 bits per heavy atom. The summed E-state index contributed by atoms with van der Waals surface area (Å²) in [6, 6.07) is 35.3. The first-order valence-electron chi connectivity index (χ1n) is 30.0. The average molecular weight is 1160 g/mol. The Morgan fingerprint density at radius 1 is 0.500 bits per heavy atom. The van der Waals surface area contributed by atoms with E-state index in [1.807, 2.05) is 51.1 Å². The molecule has 4 heterocycles. The van der Waals surface area contributed by atoms with Gasteiger partial charge in [-0.15, -0.1) is 0 Å². The molecule has 1 N–H and O–H groups in total. The lowest BCUT2D eigenvalue weighted by Gasteiger charge is -2.52. The van der Waals surface area contributed by atoms with Crippen molar-refractivity contribution in [2.75, 3.05) is 26.4 Å². The number of hydrogen-bond acceptors (Lipinski definition) is 17. The highest BCUT2D eigenvalue weighted by Gasteiger charge is 2.56. The summed E-state index contributed by atoms with van der Waals surface area (Å²) in [5.74, 6) is -3.60. The zero-order valence-electron chi connectivity index (χ0n) is 49.6. The van der Waals surface area contributed by atoms with Crippen LogP contribution in [0.4, 0.5) is 0 Å². The van der Waals surface area contributed by atoms with Gasteiger partial charge in [0.05, 0.1) is 48.2 Å². The molecule has 4 aliphatic heterocycles. The molecule has 19 nitrogen and oxygen atoms in total. The van der Waals surface area contributed by atoms with Crippen molar-refractivity contribution in [1.29, 1.82) is 0 Å². The van der Waals surface area contributed by atoms with E-state index >= 15 is 0 Å². The first kappa shape index (κ1) is 64.2. The van der Waals surface area contributed by atoms with Crippen LogP contribution in [0.2, 0.25) is 0 Å². The maximum atomic E-state index is 14.7. The molecule has 4 aromatic carbocycles. The van der Waals surface area contributed by atoms with Crippen LogP contribution in [0.15, 0.2) is 126 Å². The summed E-state index contributed by atoms with van der Waals surface area (Å²) in [6.07, 6.45) is -10.6. The summed E-state index contributed by atoms with van der Waals surface area (Å²) in [4.78, 5) is 45.5. The lowest BCUT2D eigenvalue weighted by atomic mass is 9.81. The Labute approximate surface area is 493 Å². The molecule has 0 spiro atoms. The smallest absolute Gasteiger partial charge is 0.338 e. The average Bonchev–Trinajstić information content (AvgIpc) is 1.58. The Hall–Kier alpha value is -5.80. The number of carbonyl (C=O) groups is 3. The first-order chi connectivity index (χ1) is 40.7. The van der Waals surface area contributed by atoms with E-state index in [2.05, 4.69) is 44.6 Å². The Bertz CT molecular complexity index is 2690. The predicted octanol–water partition coefficient (Wildman–Crippen LogP) is 11.1. The predicted molar refractivity (Wildman–Crippen MR) is 309 cm³/mol. The molecular weight excluding hydrogens is 1080 g/mol. The SMILES string of the molecule is CCC1O[C@H](OC2[C@@H](O[C@@H]3C(OC(=O)c4ccccc4)[C@@H](O[C@@H]4C(OC(=O)c5ccccc5)[C@@H](OCCCCCN=[N+]=[N-])OC(COC(=O)c5ccccc5)[C@H]4C)OC(COCc4ccccc4)[C@H]3C)OC(CC)[C@@H](C)[C@@H]2C)C(O)[C@@H](C)[C@@H]1C. The highest BCUT2D eigenvalue weighted by molar-refractivity contribution is 5.90. The van der Waals surface area contributed by atoms with Crippen LogP contribution in [0.5, 0.6) is 0 Å². The van der Waals surface area contributed by atoms with Crippen LogP contribution in [0.3, 0.4) is 0 Å². The summed E-state index contributed by atoms with van der Waals surface area (Å²) in [5, 5.41) is 15.4. The van der Waals surface area contributed by atoms with E-state index in [4.69, 9.17) is 62.4 Å². The fourth-order valence-electron chi connectivity index (χ4n) is 11.6. The van der Waals surface area contributed by atoms with Gasteiger partial charge in [0, 0.05) is 29.9 Å². The Balaban J connectivity index is 1.20. The highest BCUT2D eigenvalue weighted by Crippen LogP contribution is 2.43. The topological polar surface area (TPSA) is 231 Å². The van der Waals surface area contributed by atoms with E-state index in [1.165, 1.54) is 0 Å². The van der Waals surface area contributed by atoms with Crippen molar-refractivity contribution >= 4 is 17.9 Å². The van der Waals surface area contributed by atoms with Crippen molar-refractivity contribution < 1.29 is 76.3 Å². The van der Waals surface area contributed by atoms with Gasteiger partial charge in [0.2, 0.25) is 0 Å². The van der Waals surface area contributed by atoms with Gasteiger partial charge in [-0.3, -0.25) is 0 Å². The number of nitrogens with zero attached hydrogens (tertiary/aromatic N) is 3. The number of rotatable bonds is 26. The molecule has 4 saturated heterocycles. The normalized spacial score (nSPS) is 33.2. The van der Waals surface area contributed by atoms with Crippen molar-refractivity contribution in [2.24, 2.45) is 40.6 Å². The third-order valence-electron chi connectivity index (χ3n) is 17.3. The lowest BCUT2D eigenvalue weighted by Crippen LogP contribution is -2.64. The van der Waals surface area contributed by atoms with Gasteiger partial charge in [0.1, 0.15) is 37.1 Å². The van der Waals surface area contributed by atoms with Crippen LogP contribution in [0, 0.1) is 35.5 Å². The summed E-state index contributed by atoms with van der Waals surface area (Å²) in [6.45, 7) is 16.6. The van der Waals surface area contributed by atoms with Crippen molar-refractivity contribution in [3.8, 4) is 0 Å². The largest absolute Gasteiger partial charge is 0.459 e. The standard InChI is InChI=1S/C65H85N3O16/c1-9-49-39(3)41(5)53(69)62(76-49)84-56-42(6)40(4)50(10-2)77-64(56)82-55-43(7)51(37-73-36-45-26-16-11-17-27-45)79-65(58(55)81-61(72)48-32-22-14-23-33-48)83-54-44(8)52(38-75-59(70)46-28-18-12-19-29-46)78-63(74-35-25-15-24-34-67-68-66)57(54)80-60(71)47-30-20-13-21-31-47/h11-14,16-23,26-33,39-44,49-58,62-65,69H,9-10,15,24-25,34-38H2,1-8H3/t39-,40-,41-,42-,43+,44+,49?,50?,51?,52?,53?,54-,55-,56?,57?,58?,62+,63-,64+,65+/m0/s1. The zero-order valence-corrected chi connectivity index (χ0v) is 49.6. The molecule has 4 fully saturated rings. The second-order valence-electron chi connectivity index (χ2n) is 22.8. The maximum Gasteiger partial charge on any atom is 0.338 e. The van der Waals surface area contributed by atoms with E-state index < -0.39 is 104 Å². The van der Waals surface area contributed by atoms with Gasteiger partial charge >= 0.3 is 17.9 Å². The summed E-state index contributed by atoms with van der Waals surface area (Å²) < 4.78 is 81.0. The van der Waals surface area contributed by atoms with Crippen molar-refractivity contribution in [1.82, 2.24) is 0 Å². The third kappa shape index (κ3) is 16.4. The van der Waals surface area contributed by atoms with E-state index in [0.29, 0.717) is 37.8 Å². The van der Waals surface area contributed by atoms with E-state index in [1.54, 1.807) is 91.0 Å².